The Morgan fingerprint density at radius 1 is 0.867 bits per heavy atom. The smallest absolute Gasteiger partial charge is 0.135 e. The summed E-state index contributed by atoms with van der Waals surface area (Å²) < 4.78 is 30.1. The van der Waals surface area contributed by atoms with E-state index in [1.807, 2.05) is 64.1 Å². The Balaban J connectivity index is 0.000000260. The first-order valence-electron chi connectivity index (χ1n) is 9.65. The zero-order valence-corrected chi connectivity index (χ0v) is 19.5. The van der Waals surface area contributed by atoms with Gasteiger partial charge in [0.15, 0.2) is 0 Å². The minimum absolute atomic E-state index is 0.581. The van der Waals surface area contributed by atoms with Gasteiger partial charge in [0.25, 0.3) is 0 Å². The van der Waals surface area contributed by atoms with Crippen molar-refractivity contribution >= 4 is 43.7 Å². The predicted molar refractivity (Wildman–Crippen MR) is 127 cm³/mol. The van der Waals surface area contributed by atoms with Crippen molar-refractivity contribution in [2.24, 2.45) is 5.14 Å². The monoisotopic (exact) mass is 447 g/mol. The molecule has 0 bridgehead atoms. The van der Waals surface area contributed by atoms with E-state index in [-0.39, 0.29) is 0 Å². The molecule has 0 radical (unpaired) electrons. The molecule has 2 unspecified atom stereocenters. The number of benzene rings is 2. The van der Waals surface area contributed by atoms with Gasteiger partial charge in [0.05, 0.1) is 16.1 Å². The number of rotatable bonds is 3. The number of nitrogens with one attached hydrogen (secondary N) is 1. The standard InChI is InChI=1S/C10H10N2OS.C8H7NO2S.2C2H6/c1-11-14(13)10-3-2-8-4-5-12-7-9(8)6-10;9-12(10)7-2-1-6-3-4-11-8(6)5-7;2*1-2/h2-7,11H,1H3;1-5H,9H2;2*1-2H3. The van der Waals surface area contributed by atoms with E-state index in [4.69, 9.17) is 9.56 Å². The largest absolute Gasteiger partial charge is 0.464 e. The molecule has 0 amide bonds. The second kappa shape index (κ2) is 13.8. The number of nitrogens with zero attached hydrogens (tertiary/aromatic N) is 1. The normalized spacial score (nSPS) is 11.8. The maximum Gasteiger partial charge on any atom is 0.135 e. The Hall–Kier alpha value is -2.39. The maximum absolute atomic E-state index is 11.4. The van der Waals surface area contributed by atoms with E-state index in [0.29, 0.717) is 10.5 Å². The fourth-order valence-electron chi connectivity index (χ4n) is 2.36. The molecule has 2 aromatic carbocycles. The number of furan rings is 1. The fourth-order valence-corrected chi connectivity index (χ4v) is 3.44. The van der Waals surface area contributed by atoms with E-state index < -0.39 is 22.0 Å². The first kappa shape index (κ1) is 25.6. The van der Waals surface area contributed by atoms with Crippen LogP contribution in [0.1, 0.15) is 27.7 Å². The first-order valence-corrected chi connectivity index (χ1v) is 12.0. The lowest BCUT2D eigenvalue weighted by molar-refractivity contribution is 0.614. The lowest BCUT2D eigenvalue weighted by atomic mass is 10.2. The van der Waals surface area contributed by atoms with Crippen LogP contribution in [0.15, 0.2) is 81.4 Å². The van der Waals surface area contributed by atoms with Crippen LogP contribution in [0.5, 0.6) is 0 Å². The van der Waals surface area contributed by atoms with Crippen LogP contribution in [0.4, 0.5) is 0 Å². The van der Waals surface area contributed by atoms with Crippen molar-refractivity contribution in [3.05, 3.63) is 67.2 Å². The molecule has 2 aromatic heterocycles. The van der Waals surface area contributed by atoms with Gasteiger partial charge in [-0.15, -0.1) is 0 Å². The summed E-state index contributed by atoms with van der Waals surface area (Å²) in [6.45, 7) is 8.00. The Bertz CT molecular complexity index is 1100. The van der Waals surface area contributed by atoms with E-state index in [2.05, 4.69) is 9.71 Å². The zero-order chi connectivity index (χ0) is 22.5. The van der Waals surface area contributed by atoms with Crippen molar-refractivity contribution in [2.75, 3.05) is 7.05 Å². The third-order valence-electron chi connectivity index (χ3n) is 3.67. The van der Waals surface area contributed by atoms with Crippen molar-refractivity contribution in [2.45, 2.75) is 37.5 Å². The quantitative estimate of drug-likeness (QED) is 0.464. The fraction of sp³-hybridized carbons (Fsp3) is 0.227. The van der Waals surface area contributed by atoms with Crippen LogP contribution in [0.3, 0.4) is 0 Å². The molecule has 162 valence electrons. The van der Waals surface area contributed by atoms with E-state index in [1.54, 1.807) is 37.8 Å². The second-order valence-electron chi connectivity index (χ2n) is 5.28. The molecule has 4 rings (SSSR count). The molecule has 0 aliphatic rings. The summed E-state index contributed by atoms with van der Waals surface area (Å²) in [7, 11) is -0.883. The highest BCUT2D eigenvalue weighted by atomic mass is 32.2. The SMILES string of the molecule is CC.CC.CNS(=O)c1ccc2ccncc2c1.NS(=O)c1ccc2ccoc2c1. The van der Waals surface area contributed by atoms with Crippen LogP contribution in [-0.4, -0.2) is 20.4 Å². The average Bonchev–Trinajstić information content (AvgIpc) is 3.29. The highest BCUT2D eigenvalue weighted by Crippen LogP contribution is 2.18. The lowest BCUT2D eigenvalue weighted by Gasteiger charge is -2.01. The predicted octanol–water partition coefficient (Wildman–Crippen LogP) is 4.94. The summed E-state index contributed by atoms with van der Waals surface area (Å²) in [5.41, 5.74) is 0.714. The van der Waals surface area contributed by atoms with Crippen LogP contribution in [0, 0.1) is 0 Å². The molecular formula is C22H29N3O3S2. The molecule has 0 saturated carbocycles. The van der Waals surface area contributed by atoms with Crippen molar-refractivity contribution in [1.29, 1.82) is 0 Å². The summed E-state index contributed by atoms with van der Waals surface area (Å²) >= 11 is 0. The maximum atomic E-state index is 11.4. The molecule has 4 aromatic rings. The van der Waals surface area contributed by atoms with Gasteiger partial charge in [-0.25, -0.2) is 18.3 Å². The van der Waals surface area contributed by atoms with Gasteiger partial charge in [0.1, 0.15) is 27.6 Å². The van der Waals surface area contributed by atoms with Crippen LogP contribution >= 0.6 is 0 Å². The molecule has 0 spiro atoms. The molecule has 2 atom stereocenters. The van der Waals surface area contributed by atoms with Crippen LogP contribution in [0.2, 0.25) is 0 Å². The van der Waals surface area contributed by atoms with Crippen molar-refractivity contribution in [1.82, 2.24) is 9.71 Å². The zero-order valence-electron chi connectivity index (χ0n) is 17.9. The topological polar surface area (TPSA) is 98.2 Å². The van der Waals surface area contributed by atoms with Gasteiger partial charge in [-0.3, -0.25) is 4.98 Å². The minimum atomic E-state index is -1.43. The van der Waals surface area contributed by atoms with E-state index in [1.165, 1.54) is 0 Å². The van der Waals surface area contributed by atoms with Gasteiger partial charge in [-0.2, -0.15) is 0 Å². The summed E-state index contributed by atoms with van der Waals surface area (Å²) in [4.78, 5) is 5.37. The van der Waals surface area contributed by atoms with Crippen molar-refractivity contribution in [3.63, 3.8) is 0 Å². The van der Waals surface area contributed by atoms with Crippen LogP contribution < -0.4 is 9.86 Å². The lowest BCUT2D eigenvalue weighted by Crippen LogP contribution is -2.10. The van der Waals surface area contributed by atoms with E-state index in [0.717, 1.165) is 21.1 Å². The van der Waals surface area contributed by atoms with Crippen molar-refractivity contribution in [3.8, 4) is 0 Å². The minimum Gasteiger partial charge on any atom is -0.464 e. The summed E-state index contributed by atoms with van der Waals surface area (Å²) in [5.74, 6) is 0. The van der Waals surface area contributed by atoms with E-state index in [9.17, 15) is 8.42 Å². The third-order valence-corrected chi connectivity index (χ3v) is 5.44. The van der Waals surface area contributed by atoms with Gasteiger partial charge in [0, 0.05) is 23.2 Å². The highest BCUT2D eigenvalue weighted by Gasteiger charge is 2.02. The van der Waals surface area contributed by atoms with Crippen LogP contribution in [-0.2, 0) is 22.0 Å². The average molecular weight is 448 g/mol. The molecule has 8 heteroatoms. The Labute approximate surface area is 183 Å². The number of nitrogens with two attached hydrogens (primary N) is 1. The third kappa shape index (κ3) is 7.14. The molecule has 0 saturated heterocycles. The van der Waals surface area contributed by atoms with Crippen molar-refractivity contribution < 1.29 is 12.8 Å². The molecule has 0 fully saturated rings. The molecule has 0 aliphatic carbocycles. The number of fused-ring (bicyclic) bond motifs is 2. The second-order valence-corrected chi connectivity index (χ2v) is 7.76. The van der Waals surface area contributed by atoms with Gasteiger partial charge in [-0.05, 0) is 54.9 Å². The summed E-state index contributed by atoms with van der Waals surface area (Å²) in [5, 5.41) is 8.31. The number of hydrogen-bond donors (Lipinski definition) is 2. The molecule has 2 heterocycles. The number of aromatic nitrogens is 1. The molecule has 0 aliphatic heterocycles. The van der Waals surface area contributed by atoms with Gasteiger partial charge in [0.2, 0.25) is 0 Å². The Morgan fingerprint density at radius 3 is 2.20 bits per heavy atom. The van der Waals surface area contributed by atoms with E-state index >= 15 is 0 Å². The van der Waals surface area contributed by atoms with Crippen LogP contribution in [0.25, 0.3) is 21.7 Å². The van der Waals surface area contributed by atoms with Gasteiger partial charge in [-0.1, -0.05) is 33.8 Å². The molecule has 3 N–H and O–H groups in total. The highest BCUT2D eigenvalue weighted by molar-refractivity contribution is 7.83. The summed E-state index contributed by atoms with van der Waals surface area (Å²) in [6, 6.07) is 14.7. The first-order chi connectivity index (χ1) is 14.6. The summed E-state index contributed by atoms with van der Waals surface area (Å²) in [6.07, 6.45) is 5.11. The molecular weight excluding hydrogens is 418 g/mol. The Morgan fingerprint density at radius 2 is 1.53 bits per heavy atom. The molecule has 6 nitrogen and oxygen atoms in total. The molecule has 30 heavy (non-hydrogen) atoms. The number of hydrogen-bond acceptors (Lipinski definition) is 4. The number of pyridine rings is 1. The Kier molecular flexibility index (Phi) is 11.8. The van der Waals surface area contributed by atoms with Gasteiger partial charge < -0.3 is 4.42 Å². The van der Waals surface area contributed by atoms with Gasteiger partial charge >= 0.3 is 0 Å².